The van der Waals surface area contributed by atoms with Crippen LogP contribution in [0.25, 0.3) is 0 Å². The van der Waals surface area contributed by atoms with E-state index in [2.05, 4.69) is 13.0 Å². The minimum absolute atomic E-state index is 0.304. The van der Waals surface area contributed by atoms with Crippen molar-refractivity contribution in [3.8, 4) is 11.8 Å². The first-order valence-electron chi connectivity index (χ1n) is 5.47. The van der Waals surface area contributed by atoms with E-state index in [0.29, 0.717) is 11.7 Å². The second-order valence-electron chi connectivity index (χ2n) is 4.34. The van der Waals surface area contributed by atoms with Crippen molar-refractivity contribution >= 4 is 11.8 Å². The van der Waals surface area contributed by atoms with Crippen LogP contribution in [-0.2, 0) is 0 Å². The summed E-state index contributed by atoms with van der Waals surface area (Å²) in [4.78, 5) is 1.16. The molecule has 0 aromatic heterocycles. The van der Waals surface area contributed by atoms with Crippen molar-refractivity contribution in [2.75, 3.05) is 7.11 Å². The Morgan fingerprint density at radius 2 is 2.06 bits per heavy atom. The number of benzene rings is 1. The van der Waals surface area contributed by atoms with Gasteiger partial charge in [-0.1, -0.05) is 6.92 Å². The zero-order valence-electron chi connectivity index (χ0n) is 10.4. The zero-order chi connectivity index (χ0) is 12.9. The quantitative estimate of drug-likeness (QED) is 0.816. The molecule has 3 nitrogen and oxygen atoms in total. The van der Waals surface area contributed by atoms with Crippen molar-refractivity contribution in [3.05, 3.63) is 24.3 Å². The third kappa shape index (κ3) is 4.68. The van der Waals surface area contributed by atoms with Gasteiger partial charge in [-0.25, -0.2) is 0 Å². The SMILES string of the molecule is COc1ccc(SC(C)CC(C)(N)C#N)cc1. The van der Waals surface area contributed by atoms with E-state index < -0.39 is 5.54 Å². The molecule has 4 heteroatoms. The predicted octanol–water partition coefficient (Wildman–Crippen LogP) is 2.81. The van der Waals surface area contributed by atoms with Crippen LogP contribution in [0.1, 0.15) is 20.3 Å². The summed E-state index contributed by atoms with van der Waals surface area (Å²) in [5, 5.41) is 9.18. The third-order valence-corrected chi connectivity index (χ3v) is 3.48. The number of rotatable bonds is 5. The first-order valence-corrected chi connectivity index (χ1v) is 6.35. The van der Waals surface area contributed by atoms with Gasteiger partial charge in [0, 0.05) is 10.1 Å². The van der Waals surface area contributed by atoms with E-state index in [1.807, 2.05) is 24.3 Å². The molecule has 2 N–H and O–H groups in total. The topological polar surface area (TPSA) is 59.0 Å². The molecule has 17 heavy (non-hydrogen) atoms. The summed E-state index contributed by atoms with van der Waals surface area (Å²) in [6, 6.07) is 10.0. The van der Waals surface area contributed by atoms with Crippen LogP contribution in [0.4, 0.5) is 0 Å². The molecule has 2 unspecified atom stereocenters. The van der Waals surface area contributed by atoms with E-state index in [9.17, 15) is 0 Å². The summed E-state index contributed by atoms with van der Waals surface area (Å²) in [7, 11) is 1.65. The van der Waals surface area contributed by atoms with Gasteiger partial charge in [0.2, 0.25) is 0 Å². The van der Waals surface area contributed by atoms with Crippen LogP contribution < -0.4 is 10.5 Å². The summed E-state index contributed by atoms with van der Waals surface area (Å²) < 4.78 is 5.10. The van der Waals surface area contributed by atoms with Crippen molar-refractivity contribution in [3.63, 3.8) is 0 Å². The maximum Gasteiger partial charge on any atom is 0.118 e. The van der Waals surface area contributed by atoms with Crippen LogP contribution in [-0.4, -0.2) is 17.9 Å². The van der Waals surface area contributed by atoms with Crippen LogP contribution in [0.3, 0.4) is 0 Å². The molecule has 0 spiro atoms. The Morgan fingerprint density at radius 1 is 1.47 bits per heavy atom. The molecule has 0 bridgehead atoms. The van der Waals surface area contributed by atoms with E-state index in [0.717, 1.165) is 10.6 Å². The van der Waals surface area contributed by atoms with Gasteiger partial charge in [0.15, 0.2) is 0 Å². The number of thioether (sulfide) groups is 1. The number of methoxy groups -OCH3 is 1. The van der Waals surface area contributed by atoms with E-state index in [4.69, 9.17) is 15.7 Å². The average Bonchev–Trinajstić information content (AvgIpc) is 2.29. The van der Waals surface area contributed by atoms with Gasteiger partial charge >= 0.3 is 0 Å². The normalized spacial score (nSPS) is 15.7. The fraction of sp³-hybridized carbons (Fsp3) is 0.462. The largest absolute Gasteiger partial charge is 0.497 e. The molecule has 0 saturated carbocycles. The molecule has 1 aromatic carbocycles. The standard InChI is InChI=1S/C13H18N2OS/c1-10(8-13(2,15)9-14)17-12-6-4-11(16-3)5-7-12/h4-7,10H,8,15H2,1-3H3. The Hall–Kier alpha value is -1.18. The molecule has 1 aromatic rings. The molecule has 0 radical (unpaired) electrons. The second-order valence-corrected chi connectivity index (χ2v) is 5.85. The fourth-order valence-corrected chi connectivity index (χ4v) is 2.76. The summed E-state index contributed by atoms with van der Waals surface area (Å²) in [5.74, 6) is 0.850. The Kier molecular flexibility index (Phi) is 4.86. The smallest absolute Gasteiger partial charge is 0.118 e. The molecule has 0 aliphatic rings. The number of ether oxygens (including phenoxy) is 1. The average molecular weight is 250 g/mol. The molecule has 0 aliphatic carbocycles. The van der Waals surface area contributed by atoms with Crippen molar-refractivity contribution in [2.24, 2.45) is 5.73 Å². The van der Waals surface area contributed by atoms with Crippen LogP contribution in [0.5, 0.6) is 5.75 Å². The van der Waals surface area contributed by atoms with Gasteiger partial charge in [0.25, 0.3) is 0 Å². The minimum atomic E-state index is -0.751. The van der Waals surface area contributed by atoms with Crippen LogP contribution >= 0.6 is 11.8 Å². The predicted molar refractivity (Wildman–Crippen MR) is 71.1 cm³/mol. The third-order valence-electron chi connectivity index (χ3n) is 2.36. The molecule has 0 fully saturated rings. The van der Waals surface area contributed by atoms with E-state index in [1.54, 1.807) is 25.8 Å². The fourth-order valence-electron chi connectivity index (χ4n) is 1.57. The highest BCUT2D eigenvalue weighted by Crippen LogP contribution is 2.29. The van der Waals surface area contributed by atoms with E-state index in [-0.39, 0.29) is 0 Å². The lowest BCUT2D eigenvalue weighted by Crippen LogP contribution is -2.36. The number of nitrogens with two attached hydrogens (primary N) is 1. The Morgan fingerprint density at radius 3 is 2.53 bits per heavy atom. The van der Waals surface area contributed by atoms with Gasteiger partial charge in [-0.05, 0) is 37.6 Å². The Bertz CT molecular complexity index is 395. The second kappa shape index (κ2) is 5.95. The first-order chi connectivity index (χ1) is 7.96. The summed E-state index contributed by atoms with van der Waals surface area (Å²) in [6.45, 7) is 3.84. The van der Waals surface area contributed by atoms with Gasteiger partial charge in [-0.3, -0.25) is 0 Å². The zero-order valence-corrected chi connectivity index (χ0v) is 11.3. The van der Waals surface area contributed by atoms with E-state index >= 15 is 0 Å². The summed E-state index contributed by atoms with van der Waals surface area (Å²) >= 11 is 1.72. The Labute approximate surface area is 107 Å². The highest BCUT2D eigenvalue weighted by atomic mass is 32.2. The lowest BCUT2D eigenvalue weighted by molar-refractivity contribution is 0.414. The van der Waals surface area contributed by atoms with Crippen molar-refractivity contribution in [2.45, 2.75) is 36.0 Å². The lowest BCUT2D eigenvalue weighted by atomic mass is 10.00. The maximum atomic E-state index is 8.88. The monoisotopic (exact) mass is 250 g/mol. The lowest BCUT2D eigenvalue weighted by Gasteiger charge is -2.20. The van der Waals surface area contributed by atoms with Gasteiger partial charge in [0.05, 0.1) is 13.2 Å². The maximum absolute atomic E-state index is 8.88. The highest BCUT2D eigenvalue weighted by molar-refractivity contribution is 7.99. The van der Waals surface area contributed by atoms with Crippen LogP contribution in [0, 0.1) is 11.3 Å². The van der Waals surface area contributed by atoms with Gasteiger partial charge in [-0.2, -0.15) is 5.26 Å². The molecular formula is C13H18N2OS. The molecule has 2 atom stereocenters. The summed E-state index contributed by atoms with van der Waals surface area (Å²) in [6.07, 6.45) is 0.667. The molecule has 0 saturated heterocycles. The van der Waals surface area contributed by atoms with Crippen LogP contribution in [0.15, 0.2) is 29.2 Å². The van der Waals surface area contributed by atoms with Gasteiger partial charge in [-0.15, -0.1) is 11.8 Å². The van der Waals surface area contributed by atoms with Gasteiger partial charge < -0.3 is 10.5 Å². The molecular weight excluding hydrogens is 232 g/mol. The molecule has 92 valence electrons. The number of hydrogen-bond donors (Lipinski definition) is 1. The molecule has 0 heterocycles. The first kappa shape index (κ1) is 13.9. The minimum Gasteiger partial charge on any atom is -0.497 e. The summed E-state index contributed by atoms with van der Waals surface area (Å²) in [5.41, 5.74) is 5.07. The van der Waals surface area contributed by atoms with E-state index in [1.165, 1.54) is 0 Å². The van der Waals surface area contributed by atoms with Crippen molar-refractivity contribution in [1.82, 2.24) is 0 Å². The highest BCUT2D eigenvalue weighted by Gasteiger charge is 2.21. The molecule has 0 aliphatic heterocycles. The van der Waals surface area contributed by atoms with Crippen molar-refractivity contribution < 1.29 is 4.74 Å². The number of nitrogens with zero attached hydrogens (tertiary/aromatic N) is 1. The van der Waals surface area contributed by atoms with Gasteiger partial charge in [0.1, 0.15) is 11.3 Å². The number of nitriles is 1. The van der Waals surface area contributed by atoms with Crippen LogP contribution in [0.2, 0.25) is 0 Å². The number of hydrogen-bond acceptors (Lipinski definition) is 4. The Balaban J connectivity index is 2.56. The molecule has 0 amide bonds. The van der Waals surface area contributed by atoms with Crippen molar-refractivity contribution in [1.29, 1.82) is 5.26 Å². The molecule has 1 rings (SSSR count).